The van der Waals surface area contributed by atoms with E-state index in [1.165, 1.54) is 37.7 Å². The Kier molecular flexibility index (Phi) is 3.11. The molecule has 2 aliphatic carbocycles. The van der Waals surface area contributed by atoms with E-state index in [4.69, 9.17) is 4.74 Å². The van der Waals surface area contributed by atoms with E-state index < -0.39 is 10.0 Å². The molecule has 0 aromatic carbocycles. The first-order chi connectivity index (χ1) is 8.62. The molecule has 1 N–H and O–H groups in total. The lowest BCUT2D eigenvalue weighted by Gasteiger charge is -2.25. The third-order valence-corrected chi connectivity index (χ3v) is 6.90. The van der Waals surface area contributed by atoms with Crippen molar-refractivity contribution in [1.82, 2.24) is 4.72 Å². The summed E-state index contributed by atoms with van der Waals surface area (Å²) in [5.74, 6) is 1.76. The van der Waals surface area contributed by atoms with Crippen molar-refractivity contribution in [3.05, 3.63) is 11.4 Å². The second-order valence-corrected chi connectivity index (χ2v) is 7.92. The summed E-state index contributed by atoms with van der Waals surface area (Å²) in [7, 11) is -1.91. The molecule has 2 aliphatic rings. The fourth-order valence-corrected chi connectivity index (χ4v) is 5.22. The van der Waals surface area contributed by atoms with Crippen molar-refractivity contribution in [1.29, 1.82) is 0 Å². The van der Waals surface area contributed by atoms with Gasteiger partial charge in [0.25, 0.3) is 10.0 Å². The van der Waals surface area contributed by atoms with Gasteiger partial charge < -0.3 is 4.74 Å². The first kappa shape index (κ1) is 12.4. The highest BCUT2D eigenvalue weighted by Gasteiger charge is 2.47. The van der Waals surface area contributed by atoms with Gasteiger partial charge in [0.15, 0.2) is 4.21 Å². The molecule has 0 amide bonds. The molecule has 0 aliphatic heterocycles. The Labute approximate surface area is 111 Å². The fourth-order valence-electron chi connectivity index (χ4n) is 2.62. The first-order valence-corrected chi connectivity index (χ1v) is 8.62. The maximum Gasteiger partial charge on any atom is 0.254 e. The number of hydrogen-bond acceptors (Lipinski definition) is 4. The average Bonchev–Trinajstić information content (AvgIpc) is 2.81. The topological polar surface area (TPSA) is 55.4 Å². The van der Waals surface area contributed by atoms with Crippen LogP contribution >= 0.6 is 11.3 Å². The van der Waals surface area contributed by atoms with Crippen molar-refractivity contribution in [3.63, 3.8) is 0 Å². The van der Waals surface area contributed by atoms with Crippen molar-refractivity contribution < 1.29 is 13.2 Å². The van der Waals surface area contributed by atoms with Crippen LogP contribution in [0.3, 0.4) is 0 Å². The quantitative estimate of drug-likeness (QED) is 0.903. The molecular weight excluding hydrogens is 270 g/mol. The Morgan fingerprint density at radius 1 is 1.44 bits per heavy atom. The molecule has 1 aromatic rings. The third-order valence-electron chi connectivity index (χ3n) is 3.96. The summed E-state index contributed by atoms with van der Waals surface area (Å²) in [6.45, 7) is 0. The monoisotopic (exact) mass is 287 g/mol. The number of ether oxygens (including phenoxy) is 1. The minimum Gasteiger partial charge on any atom is -0.494 e. The highest BCUT2D eigenvalue weighted by molar-refractivity contribution is 7.91. The summed E-state index contributed by atoms with van der Waals surface area (Å²) < 4.78 is 32.6. The molecule has 4 nitrogen and oxygen atoms in total. The molecule has 18 heavy (non-hydrogen) atoms. The van der Waals surface area contributed by atoms with E-state index in [1.54, 1.807) is 11.4 Å². The summed E-state index contributed by atoms with van der Waals surface area (Å²) in [5, 5.41) is 1.74. The summed E-state index contributed by atoms with van der Waals surface area (Å²) in [6, 6.07) is 1.84. The molecule has 1 aromatic heterocycles. The Hall–Kier alpha value is -0.590. The van der Waals surface area contributed by atoms with Crippen LogP contribution < -0.4 is 9.46 Å². The van der Waals surface area contributed by atoms with E-state index >= 15 is 0 Å². The molecule has 6 heteroatoms. The molecule has 0 bridgehead atoms. The van der Waals surface area contributed by atoms with Gasteiger partial charge in [-0.1, -0.05) is 19.3 Å². The summed E-state index contributed by atoms with van der Waals surface area (Å²) in [4.78, 5) is 0. The Balaban J connectivity index is 1.68. The Bertz CT molecular complexity index is 533. The van der Waals surface area contributed by atoms with Gasteiger partial charge in [-0.3, -0.25) is 0 Å². The molecule has 100 valence electrons. The van der Waals surface area contributed by atoms with Gasteiger partial charge in [0.1, 0.15) is 5.75 Å². The largest absolute Gasteiger partial charge is 0.494 e. The van der Waals surface area contributed by atoms with Crippen molar-refractivity contribution in [3.8, 4) is 5.75 Å². The Morgan fingerprint density at radius 2 is 2.22 bits per heavy atom. The van der Waals surface area contributed by atoms with Gasteiger partial charge in [-0.2, -0.15) is 0 Å². The number of methoxy groups -OCH3 is 1. The smallest absolute Gasteiger partial charge is 0.254 e. The summed E-state index contributed by atoms with van der Waals surface area (Å²) in [6.07, 6.45) is 4.84. The molecule has 2 fully saturated rings. The van der Waals surface area contributed by atoms with Crippen LogP contribution in [0.25, 0.3) is 0 Å². The highest BCUT2D eigenvalue weighted by Crippen LogP contribution is 2.47. The zero-order valence-corrected chi connectivity index (χ0v) is 11.9. The standard InChI is InChI=1S/C12H17NO3S2/c1-16-11-5-6-17-12(11)18(14,15)13-10-7-9(10)8-3-2-4-8/h5-6,8-10,13H,2-4,7H2,1H3/t9-,10+/m0/s1. The third kappa shape index (κ3) is 2.17. The van der Waals surface area contributed by atoms with Crippen LogP contribution in [0.15, 0.2) is 15.7 Å². The van der Waals surface area contributed by atoms with Crippen LogP contribution in [-0.4, -0.2) is 21.6 Å². The van der Waals surface area contributed by atoms with E-state index in [1.807, 2.05) is 0 Å². The number of hydrogen-bond donors (Lipinski definition) is 1. The number of nitrogens with one attached hydrogen (secondary N) is 1. The second kappa shape index (κ2) is 4.51. The lowest BCUT2D eigenvalue weighted by atomic mass is 9.81. The number of thiophene rings is 1. The zero-order valence-electron chi connectivity index (χ0n) is 10.3. The van der Waals surface area contributed by atoms with Gasteiger partial charge >= 0.3 is 0 Å². The number of rotatable bonds is 5. The molecule has 3 rings (SSSR count). The summed E-state index contributed by atoms with van der Waals surface area (Å²) >= 11 is 1.20. The lowest BCUT2D eigenvalue weighted by molar-refractivity contribution is 0.272. The van der Waals surface area contributed by atoms with Gasteiger partial charge in [0.05, 0.1) is 7.11 Å². The van der Waals surface area contributed by atoms with E-state index in [0.717, 1.165) is 12.3 Å². The van der Waals surface area contributed by atoms with Gasteiger partial charge in [-0.25, -0.2) is 13.1 Å². The molecule has 2 atom stereocenters. The van der Waals surface area contributed by atoms with E-state index in [-0.39, 0.29) is 6.04 Å². The predicted molar refractivity (Wildman–Crippen MR) is 70.4 cm³/mol. The first-order valence-electron chi connectivity index (χ1n) is 6.25. The SMILES string of the molecule is COc1ccsc1S(=O)(=O)N[C@@H]1C[C@H]1C1CCC1. The number of sulfonamides is 1. The minimum absolute atomic E-state index is 0.145. The molecule has 2 saturated carbocycles. The average molecular weight is 287 g/mol. The van der Waals surface area contributed by atoms with Crippen LogP contribution in [0, 0.1) is 11.8 Å². The van der Waals surface area contributed by atoms with Crippen LogP contribution in [0.4, 0.5) is 0 Å². The van der Waals surface area contributed by atoms with E-state index in [2.05, 4.69) is 4.72 Å². The molecule has 1 heterocycles. The maximum absolute atomic E-state index is 12.2. The minimum atomic E-state index is -3.40. The molecular formula is C12H17NO3S2. The predicted octanol–water partition coefficient (Wildman–Crippen LogP) is 2.22. The van der Waals surface area contributed by atoms with Crippen molar-refractivity contribution in [2.75, 3.05) is 7.11 Å². The molecule has 0 unspecified atom stereocenters. The second-order valence-electron chi connectivity index (χ2n) is 5.09. The molecule has 0 radical (unpaired) electrons. The van der Waals surface area contributed by atoms with Crippen LogP contribution in [0.5, 0.6) is 5.75 Å². The van der Waals surface area contributed by atoms with Gasteiger partial charge in [-0.05, 0) is 29.7 Å². The van der Waals surface area contributed by atoms with Gasteiger partial charge in [0.2, 0.25) is 0 Å². The fraction of sp³-hybridized carbons (Fsp3) is 0.667. The normalized spacial score (nSPS) is 27.8. The molecule has 0 saturated heterocycles. The van der Waals surface area contributed by atoms with Gasteiger partial charge in [-0.15, -0.1) is 11.3 Å². The van der Waals surface area contributed by atoms with Crippen molar-refractivity contribution in [2.24, 2.45) is 11.8 Å². The lowest BCUT2D eigenvalue weighted by Crippen LogP contribution is -2.29. The van der Waals surface area contributed by atoms with Crippen LogP contribution in [0.1, 0.15) is 25.7 Å². The Morgan fingerprint density at radius 3 is 2.83 bits per heavy atom. The van der Waals surface area contributed by atoms with Crippen LogP contribution in [0.2, 0.25) is 0 Å². The van der Waals surface area contributed by atoms with Crippen LogP contribution in [-0.2, 0) is 10.0 Å². The zero-order chi connectivity index (χ0) is 12.8. The highest BCUT2D eigenvalue weighted by atomic mass is 32.2. The van der Waals surface area contributed by atoms with E-state index in [0.29, 0.717) is 15.9 Å². The molecule has 0 spiro atoms. The maximum atomic E-state index is 12.2. The van der Waals surface area contributed by atoms with Crippen molar-refractivity contribution >= 4 is 21.4 Å². The van der Waals surface area contributed by atoms with Gasteiger partial charge in [0, 0.05) is 6.04 Å². The summed E-state index contributed by atoms with van der Waals surface area (Å²) in [5.41, 5.74) is 0. The van der Waals surface area contributed by atoms with Crippen molar-refractivity contribution in [2.45, 2.75) is 35.9 Å². The van der Waals surface area contributed by atoms with E-state index in [9.17, 15) is 8.42 Å².